The maximum Gasteiger partial charge on any atom is 0.229 e. The topological polar surface area (TPSA) is 59.2 Å². The number of carbonyl (C=O) groups is 1. The van der Waals surface area contributed by atoms with Crippen LogP contribution in [0, 0.1) is 17.6 Å². The molecule has 1 saturated carbocycles. The first-order chi connectivity index (χ1) is 12.6. The van der Waals surface area contributed by atoms with E-state index in [0.29, 0.717) is 24.9 Å². The molecule has 1 aliphatic heterocycles. The molecular formula is C19H21F2N3O2. The number of aromatic nitrogens is 2. The third-order valence-corrected chi connectivity index (χ3v) is 5.22. The molecule has 0 unspecified atom stereocenters. The molecule has 4 rings (SSSR count). The fourth-order valence-electron chi connectivity index (χ4n) is 3.45. The molecule has 0 atom stereocenters. The van der Waals surface area contributed by atoms with Gasteiger partial charge in [-0.3, -0.25) is 4.79 Å². The summed E-state index contributed by atoms with van der Waals surface area (Å²) in [4.78, 5) is 18.6. The molecule has 0 radical (unpaired) electrons. The van der Waals surface area contributed by atoms with Crippen LogP contribution in [0.1, 0.15) is 48.9 Å². The van der Waals surface area contributed by atoms with Crippen molar-refractivity contribution in [2.45, 2.75) is 44.4 Å². The number of hydrogen-bond donors (Lipinski definition) is 0. The zero-order valence-electron chi connectivity index (χ0n) is 14.5. The Hall–Kier alpha value is -2.31. The molecular weight excluding hydrogens is 340 g/mol. The van der Waals surface area contributed by atoms with E-state index in [-0.39, 0.29) is 17.9 Å². The Balaban J connectivity index is 1.28. The van der Waals surface area contributed by atoms with Crippen LogP contribution in [0.5, 0.6) is 0 Å². The van der Waals surface area contributed by atoms with E-state index < -0.39 is 11.6 Å². The van der Waals surface area contributed by atoms with Gasteiger partial charge in [0.05, 0.1) is 6.42 Å². The molecule has 5 nitrogen and oxygen atoms in total. The quantitative estimate of drug-likeness (QED) is 0.820. The number of amides is 1. The molecule has 26 heavy (non-hydrogen) atoms. The van der Waals surface area contributed by atoms with E-state index in [0.717, 1.165) is 49.9 Å². The van der Waals surface area contributed by atoms with E-state index in [1.165, 1.54) is 12.1 Å². The summed E-state index contributed by atoms with van der Waals surface area (Å²) in [6.07, 6.45) is 4.62. The summed E-state index contributed by atoms with van der Waals surface area (Å²) in [7, 11) is 0. The molecule has 1 saturated heterocycles. The number of likely N-dealkylation sites (tertiary alicyclic amines) is 1. The highest BCUT2D eigenvalue weighted by molar-refractivity contribution is 5.78. The Kier molecular flexibility index (Phi) is 4.70. The lowest BCUT2D eigenvalue weighted by molar-refractivity contribution is -0.131. The minimum atomic E-state index is -0.931. The van der Waals surface area contributed by atoms with Gasteiger partial charge in [-0.2, -0.15) is 4.98 Å². The first kappa shape index (κ1) is 17.1. The fourth-order valence-corrected chi connectivity index (χ4v) is 3.45. The van der Waals surface area contributed by atoms with Crippen LogP contribution in [0.25, 0.3) is 0 Å². The normalized spacial score (nSPS) is 18.3. The lowest BCUT2D eigenvalue weighted by Crippen LogP contribution is -2.39. The van der Waals surface area contributed by atoms with E-state index in [1.54, 1.807) is 4.90 Å². The van der Waals surface area contributed by atoms with Gasteiger partial charge < -0.3 is 9.42 Å². The number of halogens is 2. The number of nitrogens with zero attached hydrogens (tertiary/aromatic N) is 3. The molecule has 1 aromatic carbocycles. The maximum atomic E-state index is 13.7. The molecule has 1 aliphatic carbocycles. The van der Waals surface area contributed by atoms with E-state index in [2.05, 4.69) is 10.1 Å². The third-order valence-electron chi connectivity index (χ3n) is 5.22. The van der Waals surface area contributed by atoms with Gasteiger partial charge in [0.25, 0.3) is 0 Å². The Morgan fingerprint density at radius 2 is 1.96 bits per heavy atom. The minimum Gasteiger partial charge on any atom is -0.342 e. The number of benzene rings is 1. The van der Waals surface area contributed by atoms with Crippen LogP contribution in [-0.4, -0.2) is 34.0 Å². The van der Waals surface area contributed by atoms with Crippen molar-refractivity contribution >= 4 is 5.91 Å². The lowest BCUT2D eigenvalue weighted by Gasteiger charge is -2.31. The average Bonchev–Trinajstić information content (AvgIpc) is 3.39. The van der Waals surface area contributed by atoms with Crippen molar-refractivity contribution in [1.82, 2.24) is 15.0 Å². The van der Waals surface area contributed by atoms with E-state index in [9.17, 15) is 13.6 Å². The van der Waals surface area contributed by atoms with Crippen LogP contribution in [0.2, 0.25) is 0 Å². The van der Waals surface area contributed by atoms with Crippen LogP contribution in [0.15, 0.2) is 22.7 Å². The van der Waals surface area contributed by atoms with Crippen LogP contribution >= 0.6 is 0 Å². The standard InChI is InChI=1S/C19H21F2N3O2/c20-15-3-1-2-14(18(15)21)11-17(25)24-8-6-12(7-9-24)10-16-22-19(26-23-16)13-4-5-13/h1-3,12-13H,4-11H2. The number of carbonyl (C=O) groups excluding carboxylic acids is 1. The van der Waals surface area contributed by atoms with Crippen molar-refractivity contribution in [2.75, 3.05) is 13.1 Å². The second-order valence-electron chi connectivity index (χ2n) is 7.24. The van der Waals surface area contributed by atoms with Crippen molar-refractivity contribution in [2.24, 2.45) is 5.92 Å². The van der Waals surface area contributed by atoms with Gasteiger partial charge in [0, 0.05) is 31.0 Å². The third kappa shape index (κ3) is 3.76. The predicted molar refractivity (Wildman–Crippen MR) is 89.3 cm³/mol. The predicted octanol–water partition coefficient (Wildman–Crippen LogP) is 3.25. The maximum absolute atomic E-state index is 13.7. The largest absolute Gasteiger partial charge is 0.342 e. The van der Waals surface area contributed by atoms with Crippen LogP contribution in [0.4, 0.5) is 8.78 Å². The average molecular weight is 361 g/mol. The first-order valence-corrected chi connectivity index (χ1v) is 9.13. The highest BCUT2D eigenvalue weighted by Crippen LogP contribution is 2.39. The molecule has 1 amide bonds. The van der Waals surface area contributed by atoms with Crippen molar-refractivity contribution in [3.63, 3.8) is 0 Å². The molecule has 0 spiro atoms. The Labute approximate surface area is 150 Å². The second-order valence-corrected chi connectivity index (χ2v) is 7.24. The number of rotatable bonds is 5. The molecule has 7 heteroatoms. The van der Waals surface area contributed by atoms with Gasteiger partial charge in [0.2, 0.25) is 11.8 Å². The molecule has 2 aliphatic rings. The summed E-state index contributed by atoms with van der Waals surface area (Å²) in [5.74, 6) is 0.360. The van der Waals surface area contributed by atoms with Gasteiger partial charge in [-0.05, 0) is 37.7 Å². The first-order valence-electron chi connectivity index (χ1n) is 9.13. The SMILES string of the molecule is O=C(Cc1cccc(F)c1F)N1CCC(Cc2noc(C3CC3)n2)CC1. The summed E-state index contributed by atoms with van der Waals surface area (Å²) < 4.78 is 32.3. The van der Waals surface area contributed by atoms with Crippen LogP contribution in [-0.2, 0) is 17.6 Å². The molecule has 0 bridgehead atoms. The van der Waals surface area contributed by atoms with E-state index in [4.69, 9.17) is 4.52 Å². The molecule has 138 valence electrons. The smallest absolute Gasteiger partial charge is 0.229 e. The van der Waals surface area contributed by atoms with Crippen LogP contribution < -0.4 is 0 Å². The number of piperidine rings is 1. The number of hydrogen-bond acceptors (Lipinski definition) is 4. The summed E-state index contributed by atoms with van der Waals surface area (Å²) >= 11 is 0. The second kappa shape index (κ2) is 7.13. The van der Waals surface area contributed by atoms with Gasteiger partial charge in [-0.15, -0.1) is 0 Å². The summed E-state index contributed by atoms with van der Waals surface area (Å²) in [5.41, 5.74) is 0.108. The highest BCUT2D eigenvalue weighted by atomic mass is 19.2. The lowest BCUT2D eigenvalue weighted by atomic mass is 9.93. The van der Waals surface area contributed by atoms with Gasteiger partial charge in [-0.25, -0.2) is 8.78 Å². The van der Waals surface area contributed by atoms with Gasteiger partial charge in [0.1, 0.15) is 0 Å². The Morgan fingerprint density at radius 1 is 1.19 bits per heavy atom. The van der Waals surface area contributed by atoms with Gasteiger partial charge in [-0.1, -0.05) is 17.3 Å². The Morgan fingerprint density at radius 3 is 2.69 bits per heavy atom. The molecule has 2 heterocycles. The molecule has 0 N–H and O–H groups in total. The Bertz CT molecular complexity index is 796. The zero-order valence-corrected chi connectivity index (χ0v) is 14.5. The van der Waals surface area contributed by atoms with Gasteiger partial charge >= 0.3 is 0 Å². The van der Waals surface area contributed by atoms with Crippen LogP contribution in [0.3, 0.4) is 0 Å². The minimum absolute atomic E-state index is 0.107. The summed E-state index contributed by atoms with van der Waals surface area (Å²) in [6, 6.07) is 3.94. The van der Waals surface area contributed by atoms with E-state index >= 15 is 0 Å². The van der Waals surface area contributed by atoms with Gasteiger partial charge in [0.15, 0.2) is 17.5 Å². The van der Waals surface area contributed by atoms with Crippen molar-refractivity contribution in [3.8, 4) is 0 Å². The van der Waals surface area contributed by atoms with E-state index in [1.807, 2.05) is 0 Å². The zero-order chi connectivity index (χ0) is 18.1. The summed E-state index contributed by atoms with van der Waals surface area (Å²) in [6.45, 7) is 1.24. The van der Waals surface area contributed by atoms with Crippen molar-refractivity contribution in [1.29, 1.82) is 0 Å². The molecule has 2 fully saturated rings. The summed E-state index contributed by atoms with van der Waals surface area (Å²) in [5, 5.41) is 4.06. The molecule has 2 aromatic rings. The fraction of sp³-hybridized carbons (Fsp3) is 0.526. The van der Waals surface area contributed by atoms with Crippen molar-refractivity contribution in [3.05, 3.63) is 47.1 Å². The van der Waals surface area contributed by atoms with Crippen molar-refractivity contribution < 1.29 is 18.1 Å². The monoisotopic (exact) mass is 361 g/mol. The molecule has 1 aromatic heterocycles. The highest BCUT2D eigenvalue weighted by Gasteiger charge is 2.30.